The van der Waals surface area contributed by atoms with Crippen LogP contribution in [0.2, 0.25) is 0 Å². The summed E-state index contributed by atoms with van der Waals surface area (Å²) in [5, 5.41) is 2.86. The highest BCUT2D eigenvalue weighted by Crippen LogP contribution is 2.37. The number of aryl methyl sites for hydroxylation is 1. The smallest absolute Gasteiger partial charge is 0.405 e. The van der Waals surface area contributed by atoms with Gasteiger partial charge in [-0.2, -0.15) is 0 Å². The lowest BCUT2D eigenvalue weighted by Gasteiger charge is -2.46. The molecule has 1 atom stereocenters. The molecule has 248 valence electrons. The molecular weight excluding hydrogens is 616 g/mol. The molecule has 0 spiro atoms. The summed E-state index contributed by atoms with van der Waals surface area (Å²) in [6.07, 6.45) is -3.78. The second-order valence-corrected chi connectivity index (χ2v) is 11.7. The average Bonchev–Trinajstić information content (AvgIpc) is 3.00. The molecule has 0 bridgehead atoms. The van der Waals surface area contributed by atoms with Gasteiger partial charge in [0.05, 0.1) is 23.8 Å². The van der Waals surface area contributed by atoms with Gasteiger partial charge in [0.25, 0.3) is 17.4 Å². The van der Waals surface area contributed by atoms with Crippen molar-refractivity contribution in [3.8, 4) is 16.9 Å². The van der Waals surface area contributed by atoms with Gasteiger partial charge in [-0.15, -0.1) is 13.2 Å². The quantitative estimate of drug-likeness (QED) is 0.359. The van der Waals surface area contributed by atoms with Crippen LogP contribution in [0.25, 0.3) is 11.1 Å². The zero-order chi connectivity index (χ0) is 33.6. The Morgan fingerprint density at radius 1 is 1.00 bits per heavy atom. The molecule has 2 aliphatic heterocycles. The number of ether oxygens (including phenoxy) is 1. The fourth-order valence-corrected chi connectivity index (χ4v) is 6.26. The van der Waals surface area contributed by atoms with Gasteiger partial charge in [-0.3, -0.25) is 14.5 Å². The number of pyridine rings is 1. The van der Waals surface area contributed by atoms with E-state index in [-0.39, 0.29) is 37.2 Å². The topological polar surface area (TPSA) is 70.0 Å². The molecule has 8 nitrogen and oxygen atoms in total. The van der Waals surface area contributed by atoms with Crippen LogP contribution in [0.1, 0.15) is 27.9 Å². The van der Waals surface area contributed by atoms with Gasteiger partial charge in [0.15, 0.2) is 0 Å². The van der Waals surface area contributed by atoms with Crippen LogP contribution in [0, 0.1) is 19.7 Å². The van der Waals surface area contributed by atoms with Crippen molar-refractivity contribution in [2.45, 2.75) is 38.6 Å². The summed E-state index contributed by atoms with van der Waals surface area (Å²) in [6.45, 7) is 3.30. The van der Waals surface area contributed by atoms with Crippen LogP contribution in [0.5, 0.6) is 5.75 Å². The van der Waals surface area contributed by atoms with Crippen LogP contribution in [0.3, 0.4) is 0 Å². The third kappa shape index (κ3) is 6.67. The van der Waals surface area contributed by atoms with Crippen LogP contribution in [0.4, 0.5) is 37.7 Å². The van der Waals surface area contributed by atoms with Gasteiger partial charge in [0.2, 0.25) is 0 Å². The van der Waals surface area contributed by atoms with E-state index < -0.39 is 47.9 Å². The number of hydrogen-bond acceptors (Lipinski definition) is 6. The number of amides is 1. The Balaban J connectivity index is 1.32. The van der Waals surface area contributed by atoms with Crippen molar-refractivity contribution in [3.63, 3.8) is 0 Å². The number of nitrogens with one attached hydrogen (secondary N) is 1. The number of hydrogen-bond donors (Lipinski definition) is 1. The van der Waals surface area contributed by atoms with Crippen LogP contribution in [-0.4, -0.2) is 84.9 Å². The van der Waals surface area contributed by atoms with E-state index in [1.165, 1.54) is 29.9 Å². The fourth-order valence-electron chi connectivity index (χ4n) is 6.26. The third-order valence-electron chi connectivity index (χ3n) is 8.86. The maximum absolute atomic E-state index is 15.6. The fraction of sp³-hybridized carbons (Fsp3) is 0.438. The van der Waals surface area contributed by atoms with Crippen molar-refractivity contribution in [3.05, 3.63) is 75.5 Å². The largest absolute Gasteiger partial charge is 0.573 e. The first-order chi connectivity index (χ1) is 21.6. The SMILES string of the molecule is CNc1ccc(N2CCN(C3CCN(C(=O)c4ccc(-c5cn(C)c(=O)c(C)c5C)cc4OC(F)(F)F)CC3(F)F)CC2)c(F)c1. The van der Waals surface area contributed by atoms with E-state index in [0.717, 1.165) is 17.0 Å². The number of likely N-dealkylation sites (tertiary alicyclic amines) is 1. The van der Waals surface area contributed by atoms with Gasteiger partial charge >= 0.3 is 6.36 Å². The first-order valence-corrected chi connectivity index (χ1v) is 14.8. The molecule has 2 aromatic carbocycles. The van der Waals surface area contributed by atoms with Crippen molar-refractivity contribution in [2.75, 3.05) is 56.5 Å². The highest BCUT2D eigenvalue weighted by atomic mass is 19.4. The lowest BCUT2D eigenvalue weighted by atomic mass is 9.96. The summed E-state index contributed by atoms with van der Waals surface area (Å²) in [5.41, 5.74) is 1.89. The van der Waals surface area contributed by atoms with Crippen LogP contribution in [0.15, 0.2) is 47.4 Å². The number of halogens is 6. The van der Waals surface area contributed by atoms with Crippen LogP contribution in [-0.2, 0) is 7.05 Å². The third-order valence-corrected chi connectivity index (χ3v) is 8.86. The molecule has 1 aromatic heterocycles. The molecule has 1 unspecified atom stereocenters. The van der Waals surface area contributed by atoms with Crippen LogP contribution >= 0.6 is 0 Å². The van der Waals surface area contributed by atoms with Gasteiger partial charge in [-0.05, 0) is 61.7 Å². The molecule has 3 aromatic rings. The summed E-state index contributed by atoms with van der Waals surface area (Å²) in [7, 11) is 3.19. The summed E-state index contributed by atoms with van der Waals surface area (Å²) < 4.78 is 91.7. The predicted octanol–water partition coefficient (Wildman–Crippen LogP) is 5.42. The molecule has 3 heterocycles. The second kappa shape index (κ2) is 12.5. The lowest BCUT2D eigenvalue weighted by molar-refractivity contribution is -0.274. The Morgan fingerprint density at radius 2 is 1.70 bits per heavy atom. The first-order valence-electron chi connectivity index (χ1n) is 14.8. The molecule has 2 aliphatic rings. The van der Waals surface area contributed by atoms with E-state index in [1.807, 2.05) is 0 Å². The number of aromatic nitrogens is 1. The Bertz CT molecular complexity index is 1680. The zero-order valence-electron chi connectivity index (χ0n) is 25.8. The molecule has 1 amide bonds. The number of carbonyl (C=O) groups is 1. The highest BCUT2D eigenvalue weighted by molar-refractivity contribution is 5.98. The van der Waals surface area contributed by atoms with Crippen molar-refractivity contribution >= 4 is 17.3 Å². The molecule has 14 heteroatoms. The summed E-state index contributed by atoms with van der Waals surface area (Å²) >= 11 is 0. The Morgan fingerprint density at radius 3 is 2.30 bits per heavy atom. The number of carbonyl (C=O) groups excluding carboxylic acids is 1. The molecule has 0 radical (unpaired) electrons. The maximum Gasteiger partial charge on any atom is 0.573 e. The van der Waals surface area contributed by atoms with E-state index in [9.17, 15) is 27.2 Å². The predicted molar refractivity (Wildman–Crippen MR) is 162 cm³/mol. The highest BCUT2D eigenvalue weighted by Gasteiger charge is 2.49. The molecule has 46 heavy (non-hydrogen) atoms. The lowest BCUT2D eigenvalue weighted by Crippen LogP contribution is -2.62. The zero-order valence-corrected chi connectivity index (χ0v) is 25.8. The number of anilines is 2. The first kappa shape index (κ1) is 33.2. The van der Waals surface area contributed by atoms with Gasteiger partial charge < -0.3 is 24.4 Å². The number of alkyl halides is 5. The molecule has 0 aliphatic carbocycles. The second-order valence-electron chi connectivity index (χ2n) is 11.7. The summed E-state index contributed by atoms with van der Waals surface area (Å²) in [5.74, 6) is -5.61. The van der Waals surface area contributed by atoms with Crippen LogP contribution < -0.4 is 20.5 Å². The minimum atomic E-state index is -5.15. The molecule has 5 rings (SSSR count). The van der Waals surface area contributed by atoms with Crippen molar-refractivity contribution < 1.29 is 35.9 Å². The van der Waals surface area contributed by atoms with E-state index in [0.29, 0.717) is 41.2 Å². The minimum absolute atomic E-state index is 0.103. The van der Waals surface area contributed by atoms with Crippen molar-refractivity contribution in [1.29, 1.82) is 0 Å². The number of piperidine rings is 1. The number of benzene rings is 2. The Hall–Kier alpha value is -4.20. The van der Waals surface area contributed by atoms with E-state index >= 15 is 8.78 Å². The molecule has 0 saturated carbocycles. The number of rotatable bonds is 6. The minimum Gasteiger partial charge on any atom is -0.405 e. The normalized spacial score (nSPS) is 18.9. The van der Waals surface area contributed by atoms with Crippen molar-refractivity contribution in [1.82, 2.24) is 14.4 Å². The van der Waals surface area contributed by atoms with E-state index in [4.69, 9.17) is 0 Å². The van der Waals surface area contributed by atoms with Gasteiger partial charge in [-0.1, -0.05) is 6.07 Å². The number of piperazine rings is 1. The van der Waals surface area contributed by atoms with Gasteiger partial charge in [0, 0.05) is 69.8 Å². The van der Waals surface area contributed by atoms with Gasteiger partial charge in [0.1, 0.15) is 11.6 Å². The Kier molecular flexibility index (Phi) is 9.04. The molecule has 2 saturated heterocycles. The van der Waals surface area contributed by atoms with Gasteiger partial charge in [-0.25, -0.2) is 13.2 Å². The maximum atomic E-state index is 15.6. The molecular formula is C32H35F6N5O3. The van der Waals surface area contributed by atoms with E-state index in [2.05, 4.69) is 10.1 Å². The molecule has 2 fully saturated rings. The van der Waals surface area contributed by atoms with E-state index in [1.54, 1.807) is 42.8 Å². The van der Waals surface area contributed by atoms with Crippen molar-refractivity contribution in [2.24, 2.45) is 7.05 Å². The summed E-state index contributed by atoms with van der Waals surface area (Å²) in [4.78, 5) is 30.0. The number of nitrogens with zero attached hydrogens (tertiary/aromatic N) is 4. The monoisotopic (exact) mass is 651 g/mol. The molecule has 1 N–H and O–H groups in total. The standard InChI is InChI=1S/C32H35F6N5O3/c1-19-20(2)29(44)40(4)17-24(19)21-5-7-23(27(15-21)46-32(36,37)38)30(45)43-10-9-28(31(34,35)18-43)42-13-11-41(12-14-42)26-8-6-22(39-3)16-25(26)33/h5-8,15-17,28,39H,9-14,18H2,1-4H3. The summed E-state index contributed by atoms with van der Waals surface area (Å²) in [6, 6.07) is 7.12. The Labute approximate surface area is 262 Å². The average molecular weight is 652 g/mol.